The highest BCUT2D eigenvalue weighted by molar-refractivity contribution is 5.80. The first kappa shape index (κ1) is 22.1. The van der Waals surface area contributed by atoms with Crippen molar-refractivity contribution in [2.24, 2.45) is 5.92 Å². The Balaban J connectivity index is 1.62. The highest BCUT2D eigenvalue weighted by Crippen LogP contribution is 2.35. The molecule has 1 saturated heterocycles. The number of nitrogens with zero attached hydrogens (tertiary/aromatic N) is 5. The predicted octanol–water partition coefficient (Wildman–Crippen LogP) is 4.24. The number of likely N-dealkylation sites (tertiary alicyclic amines) is 1. The molecule has 8 nitrogen and oxygen atoms in total. The average Bonchev–Trinajstić information content (AvgIpc) is 3.30. The van der Waals surface area contributed by atoms with Crippen molar-refractivity contribution in [1.82, 2.24) is 30.1 Å². The molecule has 2 aromatic heterocycles. The molecule has 2 aliphatic rings. The first-order valence-corrected chi connectivity index (χ1v) is 12.5. The van der Waals surface area contributed by atoms with E-state index < -0.39 is 0 Å². The minimum absolute atomic E-state index is 0.0759. The molecule has 33 heavy (non-hydrogen) atoms. The molecular weight excluding hydrogens is 416 g/mol. The minimum Gasteiger partial charge on any atom is -0.494 e. The van der Waals surface area contributed by atoms with Gasteiger partial charge >= 0.3 is 0 Å². The molecule has 2 atom stereocenters. The van der Waals surface area contributed by atoms with Gasteiger partial charge in [-0.3, -0.25) is 9.69 Å². The second-order valence-corrected chi connectivity index (χ2v) is 9.65. The van der Waals surface area contributed by atoms with E-state index in [-0.39, 0.29) is 11.6 Å². The van der Waals surface area contributed by atoms with Crippen LogP contribution in [0, 0.1) is 5.92 Å². The number of ether oxygens (including phenoxy) is 1. The molecule has 3 aromatic rings. The summed E-state index contributed by atoms with van der Waals surface area (Å²) in [6.07, 6.45) is 8.18. The van der Waals surface area contributed by atoms with Gasteiger partial charge in [0.25, 0.3) is 5.56 Å². The highest BCUT2D eigenvalue weighted by Gasteiger charge is 2.34. The molecule has 3 heterocycles. The number of piperidine rings is 1. The second kappa shape index (κ2) is 9.63. The number of hydrogen-bond donors (Lipinski definition) is 1. The summed E-state index contributed by atoms with van der Waals surface area (Å²) >= 11 is 0. The smallest absolute Gasteiger partial charge is 0.253 e. The molecule has 1 aromatic carbocycles. The molecule has 1 aliphatic carbocycles. The molecule has 0 spiro atoms. The van der Waals surface area contributed by atoms with Crippen molar-refractivity contribution in [2.45, 2.75) is 70.9 Å². The van der Waals surface area contributed by atoms with Gasteiger partial charge in [-0.05, 0) is 79.8 Å². The Morgan fingerprint density at radius 2 is 2.00 bits per heavy atom. The summed E-state index contributed by atoms with van der Waals surface area (Å²) in [6.45, 7) is 6.72. The number of benzene rings is 1. The van der Waals surface area contributed by atoms with Gasteiger partial charge in [-0.1, -0.05) is 26.2 Å². The van der Waals surface area contributed by atoms with E-state index in [4.69, 9.17) is 4.74 Å². The van der Waals surface area contributed by atoms with Crippen LogP contribution < -0.4 is 10.3 Å². The number of fused-ring (bicyclic) bond motifs is 1. The predicted molar refractivity (Wildman–Crippen MR) is 127 cm³/mol. The van der Waals surface area contributed by atoms with E-state index in [0.29, 0.717) is 24.1 Å². The van der Waals surface area contributed by atoms with Crippen molar-refractivity contribution in [3.63, 3.8) is 0 Å². The van der Waals surface area contributed by atoms with Crippen LogP contribution in [0.5, 0.6) is 5.75 Å². The average molecular weight is 451 g/mol. The maximum Gasteiger partial charge on any atom is 0.253 e. The lowest BCUT2D eigenvalue weighted by molar-refractivity contribution is 0.138. The maximum atomic E-state index is 13.4. The molecule has 2 fully saturated rings. The van der Waals surface area contributed by atoms with Crippen molar-refractivity contribution in [3.8, 4) is 5.75 Å². The molecule has 1 N–H and O–H groups in total. The quantitative estimate of drug-likeness (QED) is 0.604. The number of pyridine rings is 1. The normalized spacial score (nSPS) is 21.3. The molecule has 0 amide bonds. The zero-order chi connectivity index (χ0) is 22.8. The van der Waals surface area contributed by atoms with Crippen LogP contribution in [0.15, 0.2) is 29.1 Å². The molecule has 5 rings (SSSR count). The van der Waals surface area contributed by atoms with Gasteiger partial charge in [-0.25, -0.2) is 4.68 Å². The van der Waals surface area contributed by atoms with Crippen LogP contribution in [0.2, 0.25) is 0 Å². The van der Waals surface area contributed by atoms with Gasteiger partial charge < -0.3 is 9.72 Å². The number of aromatic nitrogens is 5. The van der Waals surface area contributed by atoms with E-state index in [2.05, 4.69) is 32.3 Å². The number of H-pyrrole nitrogens is 1. The number of hydrogen-bond acceptors (Lipinski definition) is 6. The lowest BCUT2D eigenvalue weighted by Gasteiger charge is -2.37. The topological polar surface area (TPSA) is 88.9 Å². The second-order valence-electron chi connectivity index (χ2n) is 9.65. The zero-order valence-electron chi connectivity index (χ0n) is 19.7. The Kier molecular flexibility index (Phi) is 6.44. The van der Waals surface area contributed by atoms with E-state index in [1.165, 1.54) is 25.7 Å². The van der Waals surface area contributed by atoms with Crippen molar-refractivity contribution in [2.75, 3.05) is 19.7 Å². The van der Waals surface area contributed by atoms with Crippen LogP contribution in [-0.2, 0) is 0 Å². The van der Waals surface area contributed by atoms with E-state index in [0.717, 1.165) is 54.8 Å². The lowest BCUT2D eigenvalue weighted by atomic mass is 9.93. The molecule has 1 aliphatic heterocycles. The zero-order valence-corrected chi connectivity index (χ0v) is 19.7. The van der Waals surface area contributed by atoms with Crippen LogP contribution >= 0.6 is 0 Å². The molecule has 8 heteroatoms. The van der Waals surface area contributed by atoms with Crippen LogP contribution in [0.3, 0.4) is 0 Å². The maximum absolute atomic E-state index is 13.4. The van der Waals surface area contributed by atoms with E-state index in [1.54, 1.807) is 0 Å². The van der Waals surface area contributed by atoms with Gasteiger partial charge in [0, 0.05) is 23.0 Å². The van der Waals surface area contributed by atoms with Crippen molar-refractivity contribution in [1.29, 1.82) is 0 Å². The molecule has 0 unspecified atom stereocenters. The van der Waals surface area contributed by atoms with Crippen LogP contribution in [-0.4, -0.2) is 49.8 Å². The third kappa shape index (κ3) is 4.53. The minimum atomic E-state index is -0.270. The summed E-state index contributed by atoms with van der Waals surface area (Å²) in [5.41, 5.74) is 1.44. The van der Waals surface area contributed by atoms with Crippen LogP contribution in [0.4, 0.5) is 0 Å². The molecule has 0 bridgehead atoms. The first-order chi connectivity index (χ1) is 16.1. The monoisotopic (exact) mass is 450 g/mol. The largest absolute Gasteiger partial charge is 0.494 e. The van der Waals surface area contributed by atoms with Gasteiger partial charge in [-0.2, -0.15) is 0 Å². The lowest BCUT2D eigenvalue weighted by Crippen LogP contribution is -2.41. The summed E-state index contributed by atoms with van der Waals surface area (Å²) in [7, 11) is 0. The molecule has 1 saturated carbocycles. The summed E-state index contributed by atoms with van der Waals surface area (Å²) in [4.78, 5) is 18.9. The van der Waals surface area contributed by atoms with Crippen molar-refractivity contribution in [3.05, 3.63) is 46.0 Å². The Morgan fingerprint density at radius 3 is 2.79 bits per heavy atom. The summed E-state index contributed by atoms with van der Waals surface area (Å²) in [5.74, 6) is 2.17. The third-order valence-electron chi connectivity index (χ3n) is 7.19. The summed E-state index contributed by atoms with van der Waals surface area (Å²) < 4.78 is 7.72. The Morgan fingerprint density at radius 1 is 1.15 bits per heavy atom. The van der Waals surface area contributed by atoms with Crippen LogP contribution in [0.1, 0.15) is 82.3 Å². The number of rotatable bonds is 6. The van der Waals surface area contributed by atoms with E-state index >= 15 is 0 Å². The van der Waals surface area contributed by atoms with Crippen molar-refractivity contribution < 1.29 is 4.74 Å². The molecular formula is C25H34N6O2. The van der Waals surface area contributed by atoms with Gasteiger partial charge in [0.05, 0.1) is 12.6 Å². The number of aromatic amines is 1. The van der Waals surface area contributed by atoms with Gasteiger partial charge in [0.1, 0.15) is 11.8 Å². The Hall–Kier alpha value is -2.74. The Bertz CT molecular complexity index is 1150. The van der Waals surface area contributed by atoms with Crippen molar-refractivity contribution >= 4 is 10.9 Å². The fourth-order valence-electron chi connectivity index (χ4n) is 5.59. The van der Waals surface area contributed by atoms with Gasteiger partial charge in [0.2, 0.25) is 0 Å². The highest BCUT2D eigenvalue weighted by atomic mass is 16.5. The number of tetrazole rings is 1. The van der Waals surface area contributed by atoms with Gasteiger partial charge in [-0.15, -0.1) is 5.10 Å². The molecule has 176 valence electrons. The fraction of sp³-hybridized carbons (Fsp3) is 0.600. The molecule has 0 radical (unpaired) electrons. The summed E-state index contributed by atoms with van der Waals surface area (Å²) in [5, 5.41) is 14.0. The third-order valence-corrected chi connectivity index (χ3v) is 7.19. The fourth-order valence-corrected chi connectivity index (χ4v) is 5.59. The van der Waals surface area contributed by atoms with Crippen LogP contribution in [0.25, 0.3) is 10.9 Å². The SMILES string of the molecule is CCOc1ccc2[nH]c(=O)c([C@@H](c3nnnn3C3CCCCC3)N3CCC[C@@H](C)C3)cc2c1. The summed E-state index contributed by atoms with van der Waals surface area (Å²) in [6, 6.07) is 7.86. The van der Waals surface area contributed by atoms with E-state index in [1.807, 2.05) is 35.9 Å². The standard InChI is InChI=1S/C25H34N6O2/c1-3-33-20-11-12-22-18(14-20)15-21(25(32)26-22)23(30-13-7-8-17(2)16-30)24-27-28-29-31(24)19-9-5-4-6-10-19/h11-12,14-15,17,19,23H,3-10,13,16H2,1-2H3,(H,26,32)/t17-,23+/m1/s1. The van der Waals surface area contributed by atoms with E-state index in [9.17, 15) is 4.79 Å². The number of nitrogens with one attached hydrogen (secondary N) is 1. The Labute approximate surface area is 194 Å². The van der Waals surface area contributed by atoms with Gasteiger partial charge in [0.15, 0.2) is 5.82 Å². The first-order valence-electron chi connectivity index (χ1n) is 12.5.